The van der Waals surface area contributed by atoms with Crippen LogP contribution in [0.3, 0.4) is 0 Å². The number of ether oxygens (including phenoxy) is 1. The number of aromatic nitrogens is 1. The topological polar surface area (TPSA) is 63.6 Å². The molecule has 0 saturated heterocycles. The van der Waals surface area contributed by atoms with Gasteiger partial charge in [0.25, 0.3) is 11.8 Å². The lowest BCUT2D eigenvalue weighted by Gasteiger charge is -2.23. The van der Waals surface area contributed by atoms with E-state index in [0.29, 0.717) is 29.1 Å². The molecule has 3 aromatic carbocycles. The van der Waals surface area contributed by atoms with E-state index in [-0.39, 0.29) is 16.8 Å². The minimum absolute atomic E-state index is 0.189. The number of halogens is 1. The smallest absolute Gasteiger partial charge is 0.259 e. The summed E-state index contributed by atoms with van der Waals surface area (Å²) < 4.78 is 7.38. The monoisotopic (exact) mass is 471 g/mol. The maximum Gasteiger partial charge on any atom is 0.259 e. The molecule has 34 heavy (non-hydrogen) atoms. The summed E-state index contributed by atoms with van der Waals surface area (Å²) in [7, 11) is 1.52. The van der Waals surface area contributed by atoms with Gasteiger partial charge in [0.2, 0.25) is 0 Å². The minimum Gasteiger partial charge on any atom is -0.496 e. The predicted molar refractivity (Wildman–Crippen MR) is 134 cm³/mol. The molecule has 0 radical (unpaired) electrons. The minimum atomic E-state index is -0.323. The molecule has 0 bridgehead atoms. The quantitative estimate of drug-likeness (QED) is 0.421. The van der Waals surface area contributed by atoms with Crippen molar-refractivity contribution in [2.45, 2.75) is 6.42 Å². The van der Waals surface area contributed by atoms with E-state index in [0.717, 1.165) is 23.5 Å². The van der Waals surface area contributed by atoms with E-state index in [2.05, 4.69) is 16.0 Å². The van der Waals surface area contributed by atoms with Crippen molar-refractivity contribution < 1.29 is 14.3 Å². The number of fused-ring (bicyclic) bond motifs is 3. The lowest BCUT2D eigenvalue weighted by molar-refractivity contribution is 0.0986. The molecule has 1 aliphatic heterocycles. The van der Waals surface area contributed by atoms with Crippen molar-refractivity contribution >= 4 is 34.8 Å². The van der Waals surface area contributed by atoms with Crippen molar-refractivity contribution in [3.05, 3.63) is 107 Å². The lowest BCUT2D eigenvalue weighted by Crippen LogP contribution is -2.32. The summed E-state index contributed by atoms with van der Waals surface area (Å²) in [5, 5.41) is 3.09. The summed E-state index contributed by atoms with van der Waals surface area (Å²) in [5.41, 5.74) is 4.19. The van der Waals surface area contributed by atoms with Crippen molar-refractivity contribution in [3.8, 4) is 11.4 Å². The molecule has 0 atom stereocenters. The molecule has 170 valence electrons. The highest BCUT2D eigenvalue weighted by Crippen LogP contribution is 2.32. The first-order valence-corrected chi connectivity index (χ1v) is 11.3. The van der Waals surface area contributed by atoms with Crippen LogP contribution in [-0.2, 0) is 6.42 Å². The molecule has 4 aromatic rings. The van der Waals surface area contributed by atoms with Gasteiger partial charge >= 0.3 is 0 Å². The van der Waals surface area contributed by atoms with Gasteiger partial charge in [-0.15, -0.1) is 0 Å². The zero-order valence-corrected chi connectivity index (χ0v) is 19.3. The first-order valence-electron chi connectivity index (χ1n) is 10.9. The van der Waals surface area contributed by atoms with Crippen LogP contribution in [0.25, 0.3) is 5.69 Å². The van der Waals surface area contributed by atoms with Crippen molar-refractivity contribution in [1.29, 1.82) is 0 Å². The van der Waals surface area contributed by atoms with E-state index in [1.165, 1.54) is 7.11 Å². The maximum absolute atomic E-state index is 13.6. The molecule has 1 aliphatic rings. The second kappa shape index (κ2) is 9.08. The summed E-state index contributed by atoms with van der Waals surface area (Å²) >= 11 is 6.54. The number of nitrogens with one attached hydrogen (secondary N) is 1. The summed E-state index contributed by atoms with van der Waals surface area (Å²) in [5.74, 6) is -0.0371. The highest BCUT2D eigenvalue weighted by Gasteiger charge is 2.26. The standard InChI is InChI=1S/C27H22ClN3O3/c1-34-25-11-5-2-8-21(25)26(32)29-18-12-13-20(22(28)17-18)27(33)31-16-14-19-7-6-15-30(19)23-9-3-4-10-24(23)31/h2-13,15,17H,14,16H2,1H3,(H,29,32). The highest BCUT2D eigenvalue weighted by molar-refractivity contribution is 6.35. The number of methoxy groups -OCH3 is 1. The van der Waals surface area contributed by atoms with Crippen LogP contribution in [0.4, 0.5) is 11.4 Å². The molecule has 7 heteroatoms. The molecule has 0 unspecified atom stereocenters. The molecule has 6 nitrogen and oxygen atoms in total. The summed E-state index contributed by atoms with van der Waals surface area (Å²) in [6, 6.07) is 23.8. The van der Waals surface area contributed by atoms with E-state index < -0.39 is 0 Å². The van der Waals surface area contributed by atoms with Crippen LogP contribution in [0.2, 0.25) is 5.02 Å². The number of hydrogen-bond acceptors (Lipinski definition) is 3. The summed E-state index contributed by atoms with van der Waals surface area (Å²) in [6.45, 7) is 0.530. The highest BCUT2D eigenvalue weighted by atomic mass is 35.5. The number of hydrogen-bond donors (Lipinski definition) is 1. The van der Waals surface area contributed by atoms with Gasteiger partial charge in [-0.3, -0.25) is 9.59 Å². The van der Waals surface area contributed by atoms with Crippen molar-refractivity contribution in [2.75, 3.05) is 23.9 Å². The van der Waals surface area contributed by atoms with Crippen molar-refractivity contribution in [1.82, 2.24) is 4.57 Å². The number of amides is 2. The Balaban J connectivity index is 1.41. The largest absolute Gasteiger partial charge is 0.496 e. The Kier molecular flexibility index (Phi) is 5.82. The number of benzene rings is 3. The van der Waals surface area contributed by atoms with Crippen LogP contribution in [0.15, 0.2) is 85.1 Å². The second-order valence-corrected chi connectivity index (χ2v) is 8.32. The molecule has 2 amide bonds. The normalized spacial score (nSPS) is 12.4. The van der Waals surface area contributed by atoms with Gasteiger partial charge in [0.15, 0.2) is 0 Å². The fourth-order valence-corrected chi connectivity index (χ4v) is 4.51. The van der Waals surface area contributed by atoms with Crippen LogP contribution in [0.1, 0.15) is 26.4 Å². The lowest BCUT2D eigenvalue weighted by atomic mass is 10.1. The third-order valence-corrected chi connectivity index (χ3v) is 6.22. The van der Waals surface area contributed by atoms with Gasteiger partial charge in [0.1, 0.15) is 5.75 Å². The van der Waals surface area contributed by atoms with E-state index >= 15 is 0 Å². The molecular weight excluding hydrogens is 450 g/mol. The summed E-state index contributed by atoms with van der Waals surface area (Å²) in [4.78, 5) is 28.1. The molecule has 5 rings (SSSR count). The van der Waals surface area contributed by atoms with E-state index in [9.17, 15) is 9.59 Å². The molecule has 1 N–H and O–H groups in total. The van der Waals surface area contributed by atoms with E-state index in [1.54, 1.807) is 47.4 Å². The summed E-state index contributed by atoms with van der Waals surface area (Å²) in [6.07, 6.45) is 2.73. The van der Waals surface area contributed by atoms with E-state index in [4.69, 9.17) is 16.3 Å². The molecule has 0 fully saturated rings. The Morgan fingerprint density at radius 2 is 1.68 bits per heavy atom. The van der Waals surface area contributed by atoms with Crippen molar-refractivity contribution in [3.63, 3.8) is 0 Å². The Labute approximate surface area is 202 Å². The second-order valence-electron chi connectivity index (χ2n) is 7.91. The maximum atomic E-state index is 13.6. The van der Waals surface area contributed by atoms with Gasteiger partial charge in [0, 0.05) is 30.5 Å². The van der Waals surface area contributed by atoms with Crippen LogP contribution < -0.4 is 15.0 Å². The van der Waals surface area contributed by atoms with E-state index in [1.807, 2.05) is 36.5 Å². The number of carbonyl (C=O) groups is 2. The SMILES string of the molecule is COc1ccccc1C(=O)Nc1ccc(C(=O)N2CCc3cccn3-c3ccccc32)c(Cl)c1. The van der Waals surface area contributed by atoms with Gasteiger partial charge in [-0.2, -0.15) is 0 Å². The Morgan fingerprint density at radius 1 is 0.912 bits per heavy atom. The third-order valence-electron chi connectivity index (χ3n) is 5.91. The molecule has 0 saturated carbocycles. The van der Waals surface area contributed by atoms with Crippen molar-refractivity contribution in [2.24, 2.45) is 0 Å². The van der Waals surface area contributed by atoms with Crippen LogP contribution >= 0.6 is 11.6 Å². The average molecular weight is 472 g/mol. The zero-order valence-electron chi connectivity index (χ0n) is 18.5. The molecule has 1 aromatic heterocycles. The van der Waals surface area contributed by atoms with Gasteiger partial charge in [-0.1, -0.05) is 35.9 Å². The fourth-order valence-electron chi connectivity index (χ4n) is 4.25. The van der Waals surface area contributed by atoms with Crippen LogP contribution in [-0.4, -0.2) is 30.0 Å². The number of anilines is 2. The first kappa shape index (κ1) is 21.8. The number of rotatable bonds is 4. The molecule has 0 aliphatic carbocycles. The predicted octanol–water partition coefficient (Wildman–Crippen LogP) is 5.59. The number of carbonyl (C=O) groups excluding carboxylic acids is 2. The van der Waals surface area contributed by atoms with Gasteiger partial charge < -0.3 is 19.5 Å². The van der Waals surface area contributed by atoms with Crippen LogP contribution in [0, 0.1) is 0 Å². The van der Waals surface area contributed by atoms with Gasteiger partial charge in [0.05, 0.1) is 34.6 Å². The van der Waals surface area contributed by atoms with Gasteiger partial charge in [-0.25, -0.2) is 0 Å². The number of para-hydroxylation sites is 3. The zero-order chi connectivity index (χ0) is 23.7. The Bertz CT molecular complexity index is 1400. The average Bonchev–Trinajstić information content (AvgIpc) is 3.27. The van der Waals surface area contributed by atoms with Crippen LogP contribution in [0.5, 0.6) is 5.75 Å². The molecule has 2 heterocycles. The molecule has 0 spiro atoms. The fraction of sp³-hybridized carbons (Fsp3) is 0.111. The third kappa shape index (κ3) is 3.93. The Morgan fingerprint density at radius 3 is 2.47 bits per heavy atom. The molecular formula is C27H22ClN3O3. The first-order chi connectivity index (χ1) is 16.6. The number of nitrogens with zero attached hydrogens (tertiary/aromatic N) is 2. The Hall–Kier alpha value is -4.03. The van der Waals surface area contributed by atoms with Gasteiger partial charge in [-0.05, 0) is 54.6 Å².